The molecule has 5 N–H and O–H groups in total. The van der Waals surface area contributed by atoms with Crippen LogP contribution in [-0.2, 0) is 11.2 Å². The Labute approximate surface area is 175 Å². The molecule has 0 unspecified atom stereocenters. The summed E-state index contributed by atoms with van der Waals surface area (Å²) >= 11 is 0. The Bertz CT molecular complexity index is 1040. The maximum Gasteiger partial charge on any atom is 0.252 e. The molecular formula is C23H24FN5O. The van der Waals surface area contributed by atoms with Crippen molar-refractivity contribution in [2.75, 3.05) is 5.01 Å². The van der Waals surface area contributed by atoms with Crippen molar-refractivity contribution in [3.63, 3.8) is 0 Å². The molecule has 0 bridgehead atoms. The number of para-hydroxylation sites is 1. The molecule has 2 aromatic rings. The molecule has 1 aliphatic heterocycles. The Balaban J connectivity index is 1.96. The summed E-state index contributed by atoms with van der Waals surface area (Å²) in [5, 5.41) is 4.65. The fourth-order valence-electron chi connectivity index (χ4n) is 2.99. The number of aliphatic imine (C=N–C) groups is 1. The summed E-state index contributed by atoms with van der Waals surface area (Å²) in [6.07, 6.45) is 8.04. The summed E-state index contributed by atoms with van der Waals surface area (Å²) in [5.41, 5.74) is 8.48. The highest BCUT2D eigenvalue weighted by Crippen LogP contribution is 2.20. The number of nitrogens with zero attached hydrogens (tertiary/aromatic N) is 2. The van der Waals surface area contributed by atoms with Crippen LogP contribution in [0.1, 0.15) is 17.5 Å². The number of anilines is 1. The Morgan fingerprint density at radius 3 is 2.67 bits per heavy atom. The highest BCUT2D eigenvalue weighted by atomic mass is 19.1. The lowest BCUT2D eigenvalue weighted by Gasteiger charge is -2.25. The van der Waals surface area contributed by atoms with Gasteiger partial charge in [-0.3, -0.25) is 9.80 Å². The van der Waals surface area contributed by atoms with Crippen LogP contribution in [0.4, 0.5) is 10.1 Å². The van der Waals surface area contributed by atoms with Gasteiger partial charge in [0.25, 0.3) is 5.91 Å². The molecule has 0 fully saturated rings. The van der Waals surface area contributed by atoms with Gasteiger partial charge in [-0.15, -0.1) is 0 Å². The largest absolute Gasteiger partial charge is 0.365 e. The predicted molar refractivity (Wildman–Crippen MR) is 118 cm³/mol. The normalized spacial score (nSPS) is 13.9. The number of hydrogen-bond donors (Lipinski definition) is 3. The van der Waals surface area contributed by atoms with E-state index in [1.54, 1.807) is 24.4 Å². The van der Waals surface area contributed by atoms with Crippen molar-refractivity contribution in [3.05, 3.63) is 101 Å². The minimum absolute atomic E-state index is 0.283. The molecule has 2 aromatic carbocycles. The van der Waals surface area contributed by atoms with Crippen molar-refractivity contribution in [2.24, 2.45) is 16.6 Å². The Morgan fingerprint density at radius 2 is 1.97 bits per heavy atom. The zero-order valence-electron chi connectivity index (χ0n) is 16.7. The van der Waals surface area contributed by atoms with E-state index in [1.807, 2.05) is 43.3 Å². The lowest BCUT2D eigenvalue weighted by Crippen LogP contribution is -2.42. The Kier molecular flexibility index (Phi) is 6.77. The lowest BCUT2D eigenvalue weighted by atomic mass is 10.1. The molecule has 7 heteroatoms. The average Bonchev–Trinajstić information content (AvgIpc) is 2.97. The van der Waals surface area contributed by atoms with E-state index in [4.69, 9.17) is 11.6 Å². The number of carbonyl (C=O) groups excluding carboxylic acids is 1. The molecule has 0 aliphatic carbocycles. The molecule has 3 rings (SSSR count). The van der Waals surface area contributed by atoms with Gasteiger partial charge in [-0.2, -0.15) is 0 Å². The summed E-state index contributed by atoms with van der Waals surface area (Å²) in [7, 11) is 0. The number of hydrogen-bond acceptors (Lipinski definition) is 5. The Hall–Kier alpha value is -3.71. The van der Waals surface area contributed by atoms with Crippen molar-refractivity contribution in [2.45, 2.75) is 19.8 Å². The second kappa shape index (κ2) is 9.67. The molecule has 0 aromatic heterocycles. The van der Waals surface area contributed by atoms with Crippen molar-refractivity contribution in [3.8, 4) is 0 Å². The third-order valence-corrected chi connectivity index (χ3v) is 4.61. The average molecular weight is 405 g/mol. The minimum Gasteiger partial charge on any atom is -0.365 e. The number of nitrogens with one attached hydrogen (secondary N) is 1. The number of aryl methyl sites for hydroxylation is 1. The van der Waals surface area contributed by atoms with Crippen molar-refractivity contribution >= 4 is 17.4 Å². The number of benzene rings is 2. The van der Waals surface area contributed by atoms with Gasteiger partial charge in [0.1, 0.15) is 17.5 Å². The molecule has 0 spiro atoms. The molecule has 1 heterocycles. The van der Waals surface area contributed by atoms with E-state index in [0.29, 0.717) is 24.5 Å². The third-order valence-electron chi connectivity index (χ3n) is 4.61. The molecule has 0 saturated carbocycles. The standard InChI is InChI=1S/C23H24FN5O/c1-16-6-2-3-8-20(16)29(26)21(14-11-17-9-12-18(24)13-10-17)28-23-19(22(25)30)7-4-5-15-27-23/h2-3,5-10,12-15H,4,11,26H2,1H3,(H2,25,30)(H,27,28)/b21-14-. The fraction of sp³-hybridized carbons (Fsp3) is 0.130. The number of rotatable bonds is 6. The number of halogens is 1. The molecular weight excluding hydrogens is 381 g/mol. The van der Waals surface area contributed by atoms with Gasteiger partial charge in [0.2, 0.25) is 0 Å². The van der Waals surface area contributed by atoms with Crippen molar-refractivity contribution in [1.82, 2.24) is 5.32 Å². The molecule has 154 valence electrons. The lowest BCUT2D eigenvalue weighted by molar-refractivity contribution is -0.114. The van der Waals surface area contributed by atoms with Gasteiger partial charge in [0, 0.05) is 6.20 Å². The van der Waals surface area contributed by atoms with Crippen LogP contribution in [0.5, 0.6) is 0 Å². The van der Waals surface area contributed by atoms with Crippen LogP contribution in [0.25, 0.3) is 0 Å². The van der Waals surface area contributed by atoms with Gasteiger partial charge in [-0.05, 0) is 55.2 Å². The zero-order valence-corrected chi connectivity index (χ0v) is 16.7. The molecule has 6 nitrogen and oxygen atoms in total. The van der Waals surface area contributed by atoms with E-state index in [0.717, 1.165) is 16.8 Å². The second-order valence-corrected chi connectivity index (χ2v) is 6.78. The highest BCUT2D eigenvalue weighted by Gasteiger charge is 2.18. The van der Waals surface area contributed by atoms with Crippen LogP contribution in [0.3, 0.4) is 0 Å². The first-order valence-electron chi connectivity index (χ1n) is 9.51. The van der Waals surface area contributed by atoms with Crippen LogP contribution < -0.4 is 21.9 Å². The fourth-order valence-corrected chi connectivity index (χ4v) is 2.99. The van der Waals surface area contributed by atoms with Crippen LogP contribution in [0.2, 0.25) is 0 Å². The summed E-state index contributed by atoms with van der Waals surface area (Å²) in [6.45, 7) is 1.95. The topological polar surface area (TPSA) is 96.7 Å². The smallest absolute Gasteiger partial charge is 0.252 e. The summed E-state index contributed by atoms with van der Waals surface area (Å²) in [6, 6.07) is 13.9. The van der Waals surface area contributed by atoms with Crippen LogP contribution in [0, 0.1) is 12.7 Å². The minimum atomic E-state index is -0.581. The van der Waals surface area contributed by atoms with E-state index in [2.05, 4.69) is 10.3 Å². The molecule has 0 atom stereocenters. The van der Waals surface area contributed by atoms with Crippen molar-refractivity contribution < 1.29 is 9.18 Å². The van der Waals surface area contributed by atoms with Crippen LogP contribution >= 0.6 is 0 Å². The Morgan fingerprint density at radius 1 is 1.23 bits per heavy atom. The quantitative estimate of drug-likeness (QED) is 0.508. The monoisotopic (exact) mass is 405 g/mol. The maximum atomic E-state index is 13.2. The number of nitrogens with two attached hydrogens (primary N) is 2. The van der Waals surface area contributed by atoms with E-state index >= 15 is 0 Å². The second-order valence-electron chi connectivity index (χ2n) is 6.78. The molecule has 1 aliphatic rings. The maximum absolute atomic E-state index is 13.2. The molecule has 0 saturated heterocycles. The van der Waals surface area contributed by atoms with E-state index < -0.39 is 5.91 Å². The van der Waals surface area contributed by atoms with E-state index in [-0.39, 0.29) is 11.4 Å². The third kappa shape index (κ3) is 5.21. The number of hydrazine groups is 1. The van der Waals surface area contributed by atoms with Crippen LogP contribution in [0.15, 0.2) is 89.3 Å². The molecule has 30 heavy (non-hydrogen) atoms. The van der Waals surface area contributed by atoms with Gasteiger partial charge < -0.3 is 11.1 Å². The zero-order chi connectivity index (χ0) is 21.5. The van der Waals surface area contributed by atoms with Gasteiger partial charge in [-0.1, -0.05) is 42.5 Å². The number of amidine groups is 1. The van der Waals surface area contributed by atoms with Gasteiger partial charge in [-0.25, -0.2) is 15.2 Å². The van der Waals surface area contributed by atoms with Crippen LogP contribution in [-0.4, -0.2) is 11.7 Å². The van der Waals surface area contributed by atoms with E-state index in [1.165, 1.54) is 17.1 Å². The highest BCUT2D eigenvalue weighted by molar-refractivity contribution is 6.21. The van der Waals surface area contributed by atoms with Gasteiger partial charge in [0.05, 0.1) is 11.3 Å². The SMILES string of the molecule is Cc1ccccc1N(N)/C(=C\Cc1ccc(F)cc1)NC1=NC=CCC=C1C(N)=O. The number of carbonyl (C=O) groups is 1. The first-order chi connectivity index (χ1) is 14.5. The summed E-state index contributed by atoms with van der Waals surface area (Å²) < 4.78 is 13.2. The summed E-state index contributed by atoms with van der Waals surface area (Å²) in [5.74, 6) is 6.38. The van der Waals surface area contributed by atoms with Gasteiger partial charge in [0.15, 0.2) is 0 Å². The van der Waals surface area contributed by atoms with E-state index in [9.17, 15) is 9.18 Å². The van der Waals surface area contributed by atoms with Crippen molar-refractivity contribution in [1.29, 1.82) is 0 Å². The predicted octanol–water partition coefficient (Wildman–Crippen LogP) is 3.22. The van der Waals surface area contributed by atoms with Gasteiger partial charge >= 0.3 is 0 Å². The number of allylic oxidation sites excluding steroid dienone is 3. The first kappa shape index (κ1) is 21.0. The number of amides is 1. The molecule has 0 radical (unpaired) electrons. The number of primary amides is 1. The molecule has 1 amide bonds. The first-order valence-corrected chi connectivity index (χ1v) is 9.51. The summed E-state index contributed by atoms with van der Waals surface area (Å²) in [4.78, 5) is 16.2.